The largest absolute Gasteiger partial charge is 0.477 e. The molecule has 1 saturated carbocycles. The molecule has 1 aliphatic heterocycles. The highest BCUT2D eigenvalue weighted by atomic mass is 32.1. The zero-order chi connectivity index (χ0) is 29.9. The number of carbonyl (C=O) groups excluding carboxylic acids is 1. The van der Waals surface area contributed by atoms with E-state index in [2.05, 4.69) is 25.5 Å². The number of urea groups is 1. The number of carboxylic acid groups (broad SMARTS) is 1. The minimum absolute atomic E-state index is 0.0328. The Bertz CT molecular complexity index is 1790. The molecular formula is C28H25F3N6O4S. The van der Waals surface area contributed by atoms with E-state index in [9.17, 15) is 32.7 Å². The molecule has 1 aliphatic carbocycles. The quantitative estimate of drug-likeness (QED) is 0.291. The topological polar surface area (TPSA) is 129 Å². The number of hydrogen-bond donors (Lipinski definition) is 3. The van der Waals surface area contributed by atoms with Gasteiger partial charge in [0.15, 0.2) is 5.69 Å². The molecule has 4 heterocycles. The first-order valence-electron chi connectivity index (χ1n) is 13.2. The van der Waals surface area contributed by atoms with Gasteiger partial charge in [-0.3, -0.25) is 10.1 Å². The number of fused-ring (bicyclic) bond motifs is 2. The monoisotopic (exact) mass is 598 g/mol. The number of nitrogens with zero attached hydrogens (tertiary/aromatic N) is 4. The maximum Gasteiger partial charge on any atom is 0.434 e. The summed E-state index contributed by atoms with van der Waals surface area (Å²) in [5.74, 6) is -0.536. The number of alkyl halides is 3. The van der Waals surface area contributed by atoms with Gasteiger partial charge in [-0.1, -0.05) is 6.07 Å². The SMILES string of the molecule is CCNC(=O)Nc1cc(-c2nc(C(F)(F)F)cs2)c(-c2ccc3c(c2)c(=O)c(C(=O)O)cn3[C@H]2[C@@H]3CN(C)C[C@@H]32)cn1. The summed E-state index contributed by atoms with van der Waals surface area (Å²) in [5.41, 5.74) is -0.446. The average Bonchev–Trinajstić information content (AvgIpc) is 3.26. The molecule has 14 heteroatoms. The minimum atomic E-state index is -4.65. The Hall–Kier alpha value is -4.30. The number of nitrogens with one attached hydrogen (secondary N) is 2. The van der Waals surface area contributed by atoms with Crippen LogP contribution in [0.3, 0.4) is 0 Å². The summed E-state index contributed by atoms with van der Waals surface area (Å²) >= 11 is 0.779. The van der Waals surface area contributed by atoms with Gasteiger partial charge in [0.25, 0.3) is 0 Å². The van der Waals surface area contributed by atoms with Crippen LogP contribution in [0.4, 0.5) is 23.8 Å². The molecule has 6 rings (SSSR count). The molecule has 3 N–H and O–H groups in total. The Kier molecular flexibility index (Phi) is 6.77. The first kappa shape index (κ1) is 27.8. The van der Waals surface area contributed by atoms with Crippen molar-refractivity contribution in [3.8, 4) is 21.7 Å². The van der Waals surface area contributed by atoms with Crippen molar-refractivity contribution in [2.45, 2.75) is 19.1 Å². The number of piperidine rings is 1. The fraction of sp³-hybridized carbons (Fsp3) is 0.321. The molecule has 0 bridgehead atoms. The van der Waals surface area contributed by atoms with Gasteiger partial charge in [0.2, 0.25) is 5.43 Å². The molecule has 0 unspecified atom stereocenters. The van der Waals surface area contributed by atoms with Crippen LogP contribution in [0.5, 0.6) is 0 Å². The highest BCUT2D eigenvalue weighted by Crippen LogP contribution is 2.55. The Morgan fingerprint density at radius 2 is 1.90 bits per heavy atom. The number of carbonyl (C=O) groups is 2. The number of amides is 2. The first-order valence-corrected chi connectivity index (χ1v) is 14.0. The number of aromatic carboxylic acids is 1. The normalized spacial score (nSPS) is 20.0. The number of benzene rings is 1. The number of rotatable bonds is 6. The maximum atomic E-state index is 13.4. The molecular weight excluding hydrogens is 573 g/mol. The zero-order valence-electron chi connectivity index (χ0n) is 22.4. The fourth-order valence-electron chi connectivity index (χ4n) is 5.82. The maximum absolute atomic E-state index is 13.4. The van der Waals surface area contributed by atoms with Gasteiger partial charge in [-0.2, -0.15) is 13.2 Å². The first-order chi connectivity index (χ1) is 20.0. The lowest BCUT2D eigenvalue weighted by molar-refractivity contribution is -0.140. The van der Waals surface area contributed by atoms with E-state index in [1.54, 1.807) is 25.1 Å². The second kappa shape index (κ2) is 10.2. The molecule has 3 aromatic heterocycles. The third-order valence-corrected chi connectivity index (χ3v) is 8.61. The Labute approximate surface area is 240 Å². The number of anilines is 1. The van der Waals surface area contributed by atoms with E-state index in [1.165, 1.54) is 18.5 Å². The van der Waals surface area contributed by atoms with Gasteiger partial charge in [-0.25, -0.2) is 19.6 Å². The van der Waals surface area contributed by atoms with Gasteiger partial charge in [0.05, 0.1) is 5.52 Å². The highest BCUT2D eigenvalue weighted by molar-refractivity contribution is 7.13. The molecule has 2 fully saturated rings. The third-order valence-electron chi connectivity index (χ3n) is 7.73. The molecule has 0 spiro atoms. The smallest absolute Gasteiger partial charge is 0.434 e. The standard InChI is InChI=1S/C28H25F3N6O4S/c1-3-32-27(41)35-22-7-14(25-34-21(12-42-25)28(29,30)31)16(8-33-22)13-4-5-20-15(6-13)24(38)19(26(39)40)11-37(20)23-17-9-36(2)10-18(17)23/h4-8,11-12,17-18,23H,3,9-10H2,1-2H3,(H,39,40)(H2,32,33,35,41)/t17-,18+,23+. The van der Waals surface area contributed by atoms with Crippen molar-refractivity contribution in [1.82, 2.24) is 24.8 Å². The Morgan fingerprint density at radius 1 is 1.17 bits per heavy atom. The van der Waals surface area contributed by atoms with E-state index in [1.807, 2.05) is 11.6 Å². The lowest BCUT2D eigenvalue weighted by Gasteiger charge is -2.18. The van der Waals surface area contributed by atoms with Crippen molar-refractivity contribution in [3.63, 3.8) is 0 Å². The van der Waals surface area contributed by atoms with Crippen LogP contribution in [0.25, 0.3) is 32.6 Å². The number of thiazole rings is 1. The molecule has 1 saturated heterocycles. The van der Waals surface area contributed by atoms with Crippen LogP contribution in [0.1, 0.15) is 29.0 Å². The van der Waals surface area contributed by atoms with Crippen LogP contribution in [-0.4, -0.2) is 63.2 Å². The van der Waals surface area contributed by atoms with E-state index in [0.29, 0.717) is 35.0 Å². The highest BCUT2D eigenvalue weighted by Gasteiger charge is 2.56. The van der Waals surface area contributed by atoms with E-state index >= 15 is 0 Å². The number of pyridine rings is 2. The van der Waals surface area contributed by atoms with Gasteiger partial charge < -0.3 is 19.9 Å². The summed E-state index contributed by atoms with van der Waals surface area (Å²) in [6, 6.07) is 5.94. The number of aromatic nitrogens is 3. The molecule has 3 atom stereocenters. The van der Waals surface area contributed by atoms with Crippen molar-refractivity contribution in [3.05, 3.63) is 63.5 Å². The summed E-state index contributed by atoms with van der Waals surface area (Å²) in [5, 5.41) is 16.0. The zero-order valence-corrected chi connectivity index (χ0v) is 23.2. The molecule has 4 aromatic rings. The predicted molar refractivity (Wildman–Crippen MR) is 151 cm³/mol. The third kappa shape index (κ3) is 4.90. The van der Waals surface area contributed by atoms with E-state index in [4.69, 9.17) is 0 Å². The molecule has 218 valence electrons. The van der Waals surface area contributed by atoms with Crippen LogP contribution in [0.2, 0.25) is 0 Å². The lowest BCUT2D eigenvalue weighted by atomic mass is 9.99. The van der Waals surface area contributed by atoms with Crippen LogP contribution < -0.4 is 16.1 Å². The molecule has 42 heavy (non-hydrogen) atoms. The van der Waals surface area contributed by atoms with Crippen LogP contribution in [0.15, 0.2) is 46.8 Å². The number of halogens is 3. The second-order valence-electron chi connectivity index (χ2n) is 10.5. The van der Waals surface area contributed by atoms with Crippen molar-refractivity contribution >= 4 is 40.1 Å². The molecule has 10 nitrogen and oxygen atoms in total. The van der Waals surface area contributed by atoms with E-state index in [-0.39, 0.29) is 33.4 Å². The average molecular weight is 599 g/mol. The minimum Gasteiger partial charge on any atom is -0.477 e. The van der Waals surface area contributed by atoms with Gasteiger partial charge in [0, 0.05) is 60.0 Å². The summed E-state index contributed by atoms with van der Waals surface area (Å²) < 4.78 is 42.1. The van der Waals surface area contributed by atoms with Gasteiger partial charge in [-0.15, -0.1) is 11.3 Å². The van der Waals surface area contributed by atoms with Crippen LogP contribution >= 0.6 is 11.3 Å². The van der Waals surface area contributed by atoms with Crippen molar-refractivity contribution in [1.29, 1.82) is 0 Å². The van der Waals surface area contributed by atoms with Crippen molar-refractivity contribution in [2.75, 3.05) is 32.0 Å². The molecule has 1 aromatic carbocycles. The van der Waals surface area contributed by atoms with Crippen LogP contribution in [-0.2, 0) is 6.18 Å². The summed E-state index contributed by atoms with van der Waals surface area (Å²) in [7, 11) is 2.03. The van der Waals surface area contributed by atoms with E-state index in [0.717, 1.165) is 29.8 Å². The Morgan fingerprint density at radius 3 is 2.55 bits per heavy atom. The number of hydrogen-bond acceptors (Lipinski definition) is 7. The van der Waals surface area contributed by atoms with Crippen LogP contribution in [0, 0.1) is 11.8 Å². The summed E-state index contributed by atoms with van der Waals surface area (Å²) in [6.45, 7) is 3.84. The molecule has 2 amide bonds. The van der Waals surface area contributed by atoms with Gasteiger partial charge in [0.1, 0.15) is 16.4 Å². The Balaban J connectivity index is 1.49. The second-order valence-corrected chi connectivity index (χ2v) is 11.3. The fourth-order valence-corrected chi connectivity index (χ4v) is 6.68. The van der Waals surface area contributed by atoms with Gasteiger partial charge in [-0.05, 0) is 49.6 Å². The number of carboxylic acids is 1. The molecule has 0 radical (unpaired) electrons. The number of likely N-dealkylation sites (tertiary alicyclic amines) is 1. The predicted octanol–water partition coefficient (Wildman–Crippen LogP) is 4.78. The summed E-state index contributed by atoms with van der Waals surface area (Å²) in [6.07, 6.45) is -1.85. The van der Waals surface area contributed by atoms with Crippen molar-refractivity contribution < 1.29 is 27.9 Å². The van der Waals surface area contributed by atoms with E-state index < -0.39 is 29.3 Å². The molecule has 2 aliphatic rings. The van der Waals surface area contributed by atoms with Crippen molar-refractivity contribution in [2.24, 2.45) is 11.8 Å². The lowest BCUT2D eigenvalue weighted by Crippen LogP contribution is -2.28. The van der Waals surface area contributed by atoms with Gasteiger partial charge >= 0.3 is 18.2 Å². The summed E-state index contributed by atoms with van der Waals surface area (Å²) in [4.78, 5) is 47.7.